The maximum absolute atomic E-state index is 13.6. The number of benzene rings is 2. The van der Waals surface area contributed by atoms with Gasteiger partial charge in [-0.1, -0.05) is 55.4 Å². The first-order valence-corrected chi connectivity index (χ1v) is 12.7. The molecule has 0 radical (unpaired) electrons. The standard InChI is InChI=1S/C29H40O6/c1-17(2)13-31-23-11-9-21-25(30)22-10-12-24(32-14-18(3)4)29(34-16-20(7)8)27(22)35-26(21)28(23)33-15-19(5)6/h9-12,17-20H,13-16H2,1-8H3. The zero-order chi connectivity index (χ0) is 25.7. The number of hydrogen-bond acceptors (Lipinski definition) is 6. The summed E-state index contributed by atoms with van der Waals surface area (Å²) in [6.45, 7) is 18.6. The predicted molar refractivity (Wildman–Crippen MR) is 141 cm³/mol. The molecule has 35 heavy (non-hydrogen) atoms. The molecule has 0 fully saturated rings. The molecule has 0 atom stereocenters. The van der Waals surface area contributed by atoms with E-state index in [2.05, 4.69) is 55.4 Å². The molecular weight excluding hydrogens is 444 g/mol. The first-order valence-electron chi connectivity index (χ1n) is 12.7. The van der Waals surface area contributed by atoms with E-state index in [-0.39, 0.29) is 17.3 Å². The summed E-state index contributed by atoms with van der Waals surface area (Å²) in [6.07, 6.45) is 0. The van der Waals surface area contributed by atoms with Crippen LogP contribution in [-0.4, -0.2) is 26.4 Å². The van der Waals surface area contributed by atoms with Crippen LogP contribution < -0.4 is 24.4 Å². The van der Waals surface area contributed by atoms with Crippen molar-refractivity contribution in [2.45, 2.75) is 55.4 Å². The molecule has 0 aliphatic heterocycles. The summed E-state index contributed by atoms with van der Waals surface area (Å²) in [5, 5.41) is 0.887. The molecule has 1 aromatic heterocycles. The lowest BCUT2D eigenvalue weighted by atomic mass is 10.1. The molecule has 0 saturated heterocycles. The fourth-order valence-corrected chi connectivity index (χ4v) is 3.41. The Morgan fingerprint density at radius 3 is 1.26 bits per heavy atom. The Hall–Kier alpha value is -2.89. The molecule has 6 heteroatoms. The molecule has 192 valence electrons. The van der Waals surface area contributed by atoms with E-state index in [1.165, 1.54) is 0 Å². The smallest absolute Gasteiger partial charge is 0.205 e. The molecule has 3 rings (SSSR count). The van der Waals surface area contributed by atoms with E-state index < -0.39 is 0 Å². The van der Waals surface area contributed by atoms with Crippen LogP contribution in [0, 0.1) is 23.7 Å². The van der Waals surface area contributed by atoms with Crippen molar-refractivity contribution < 1.29 is 23.4 Å². The van der Waals surface area contributed by atoms with Gasteiger partial charge in [-0.15, -0.1) is 0 Å². The van der Waals surface area contributed by atoms with Gasteiger partial charge in [0, 0.05) is 0 Å². The van der Waals surface area contributed by atoms with E-state index in [4.69, 9.17) is 23.4 Å². The van der Waals surface area contributed by atoms with Gasteiger partial charge in [0.2, 0.25) is 16.9 Å². The van der Waals surface area contributed by atoms with Crippen molar-refractivity contribution in [3.63, 3.8) is 0 Å². The third kappa shape index (κ3) is 6.62. The molecule has 3 aromatic rings. The van der Waals surface area contributed by atoms with Gasteiger partial charge in [-0.2, -0.15) is 0 Å². The Labute approximate surface area is 208 Å². The van der Waals surface area contributed by atoms with Crippen LogP contribution in [0.5, 0.6) is 23.0 Å². The van der Waals surface area contributed by atoms with Crippen molar-refractivity contribution in [2.24, 2.45) is 23.7 Å². The van der Waals surface area contributed by atoms with Crippen LogP contribution >= 0.6 is 0 Å². The van der Waals surface area contributed by atoms with Crippen LogP contribution in [0.2, 0.25) is 0 Å². The molecule has 0 spiro atoms. The highest BCUT2D eigenvalue weighted by Gasteiger charge is 2.22. The highest BCUT2D eigenvalue weighted by atomic mass is 16.5. The van der Waals surface area contributed by atoms with E-state index in [9.17, 15) is 4.79 Å². The largest absolute Gasteiger partial charge is 0.489 e. The number of rotatable bonds is 12. The lowest BCUT2D eigenvalue weighted by Crippen LogP contribution is -2.12. The summed E-state index contributed by atoms with van der Waals surface area (Å²) in [6, 6.07) is 7.07. The van der Waals surface area contributed by atoms with Crippen molar-refractivity contribution >= 4 is 21.9 Å². The zero-order valence-corrected chi connectivity index (χ0v) is 22.4. The molecule has 0 unspecified atom stereocenters. The summed E-state index contributed by atoms with van der Waals surface area (Å²) < 4.78 is 30.9. The lowest BCUT2D eigenvalue weighted by Gasteiger charge is -2.19. The van der Waals surface area contributed by atoms with E-state index in [1.807, 2.05) is 0 Å². The molecule has 0 aliphatic carbocycles. The zero-order valence-electron chi connectivity index (χ0n) is 22.4. The second kappa shape index (κ2) is 11.7. The van der Waals surface area contributed by atoms with Crippen LogP contribution in [0.15, 0.2) is 33.5 Å². The quantitative estimate of drug-likeness (QED) is 0.256. The summed E-state index contributed by atoms with van der Waals surface area (Å²) in [4.78, 5) is 13.6. The van der Waals surface area contributed by atoms with Crippen molar-refractivity contribution in [2.75, 3.05) is 26.4 Å². The Morgan fingerprint density at radius 2 is 0.914 bits per heavy atom. The minimum atomic E-state index is -0.143. The highest BCUT2D eigenvalue weighted by Crippen LogP contribution is 2.41. The van der Waals surface area contributed by atoms with Gasteiger partial charge in [0.15, 0.2) is 22.7 Å². The molecular formula is C29H40O6. The molecule has 0 N–H and O–H groups in total. The van der Waals surface area contributed by atoms with Crippen LogP contribution in [0.25, 0.3) is 21.9 Å². The fraction of sp³-hybridized carbons (Fsp3) is 0.552. The molecule has 2 aromatic carbocycles. The van der Waals surface area contributed by atoms with Gasteiger partial charge in [-0.3, -0.25) is 4.79 Å². The van der Waals surface area contributed by atoms with Gasteiger partial charge in [0.05, 0.1) is 37.2 Å². The van der Waals surface area contributed by atoms with Gasteiger partial charge in [-0.25, -0.2) is 0 Å². The Kier molecular flexibility index (Phi) is 8.92. The van der Waals surface area contributed by atoms with E-state index in [0.29, 0.717) is 83.2 Å². The van der Waals surface area contributed by atoms with Crippen molar-refractivity contribution in [3.8, 4) is 23.0 Å². The Bertz CT molecular complexity index is 1100. The number of ether oxygens (including phenoxy) is 4. The van der Waals surface area contributed by atoms with E-state index in [0.717, 1.165) is 0 Å². The first kappa shape index (κ1) is 26.7. The summed E-state index contributed by atoms with van der Waals surface area (Å²) in [5.74, 6) is 3.26. The van der Waals surface area contributed by atoms with Crippen molar-refractivity contribution in [3.05, 3.63) is 34.5 Å². The van der Waals surface area contributed by atoms with Gasteiger partial charge in [0.25, 0.3) is 0 Å². The molecule has 0 bridgehead atoms. The lowest BCUT2D eigenvalue weighted by molar-refractivity contribution is 0.227. The number of hydrogen-bond donors (Lipinski definition) is 0. The first-order chi connectivity index (χ1) is 16.6. The molecule has 0 saturated carbocycles. The third-order valence-corrected chi connectivity index (χ3v) is 5.11. The minimum Gasteiger partial charge on any atom is -0.489 e. The maximum Gasteiger partial charge on any atom is 0.205 e. The van der Waals surface area contributed by atoms with Crippen LogP contribution in [0.3, 0.4) is 0 Å². The van der Waals surface area contributed by atoms with Crippen molar-refractivity contribution in [1.82, 2.24) is 0 Å². The monoisotopic (exact) mass is 484 g/mol. The van der Waals surface area contributed by atoms with Crippen molar-refractivity contribution in [1.29, 1.82) is 0 Å². The normalized spacial score (nSPS) is 11.9. The summed E-state index contributed by atoms with van der Waals surface area (Å²) in [5.41, 5.74) is 0.579. The fourth-order valence-electron chi connectivity index (χ4n) is 3.41. The average molecular weight is 485 g/mol. The van der Waals surface area contributed by atoms with Crippen LogP contribution in [0.1, 0.15) is 55.4 Å². The molecule has 0 aliphatic rings. The molecule has 0 amide bonds. The van der Waals surface area contributed by atoms with E-state index in [1.54, 1.807) is 24.3 Å². The Balaban J connectivity index is 2.27. The van der Waals surface area contributed by atoms with Gasteiger partial charge in [-0.05, 0) is 47.9 Å². The minimum absolute atomic E-state index is 0.143. The van der Waals surface area contributed by atoms with Crippen LogP contribution in [-0.2, 0) is 0 Å². The predicted octanol–water partition coefficient (Wildman–Crippen LogP) is 7.09. The SMILES string of the molecule is CC(C)COc1ccc2c(=O)c3ccc(OCC(C)C)c(OCC(C)C)c3oc2c1OCC(C)C. The topological polar surface area (TPSA) is 67.1 Å². The Morgan fingerprint density at radius 1 is 0.571 bits per heavy atom. The summed E-state index contributed by atoms with van der Waals surface area (Å²) >= 11 is 0. The second-order valence-electron chi connectivity index (χ2n) is 10.8. The highest BCUT2D eigenvalue weighted by molar-refractivity contribution is 5.96. The van der Waals surface area contributed by atoms with Crippen LogP contribution in [0.4, 0.5) is 0 Å². The van der Waals surface area contributed by atoms with Gasteiger partial charge in [0.1, 0.15) is 0 Å². The number of fused-ring (bicyclic) bond motifs is 2. The average Bonchev–Trinajstić information content (AvgIpc) is 2.78. The second-order valence-corrected chi connectivity index (χ2v) is 10.8. The van der Waals surface area contributed by atoms with Gasteiger partial charge < -0.3 is 23.4 Å². The summed E-state index contributed by atoms with van der Waals surface area (Å²) in [7, 11) is 0. The molecule has 6 nitrogen and oxygen atoms in total. The van der Waals surface area contributed by atoms with E-state index >= 15 is 0 Å². The molecule has 1 heterocycles. The third-order valence-electron chi connectivity index (χ3n) is 5.11. The maximum atomic E-state index is 13.6. The van der Waals surface area contributed by atoms with Gasteiger partial charge >= 0.3 is 0 Å².